The molecule has 2 aromatic heterocycles. The van der Waals surface area contributed by atoms with Crippen molar-refractivity contribution in [3.63, 3.8) is 0 Å². The van der Waals surface area contributed by atoms with Crippen LogP contribution < -0.4 is 10.6 Å². The van der Waals surface area contributed by atoms with Gasteiger partial charge < -0.3 is 10.6 Å². The SMILES string of the molecule is CCCN(CC1CC1)CC1(C)N=C(Nc2ccc(C(F)(F)F)nc2)c2ccc(-c3ncccc3C(F)(F)F)cc2N1. The highest BCUT2D eigenvalue weighted by Gasteiger charge is 2.37. The van der Waals surface area contributed by atoms with Crippen LogP contribution in [0.2, 0.25) is 0 Å². The molecule has 41 heavy (non-hydrogen) atoms. The van der Waals surface area contributed by atoms with Gasteiger partial charge >= 0.3 is 12.4 Å². The fourth-order valence-corrected chi connectivity index (χ4v) is 5.09. The maximum absolute atomic E-state index is 13.8. The summed E-state index contributed by atoms with van der Waals surface area (Å²) in [4.78, 5) is 14.8. The summed E-state index contributed by atoms with van der Waals surface area (Å²) in [6, 6.07) is 9.15. The number of pyridine rings is 2. The van der Waals surface area contributed by atoms with Gasteiger partial charge in [0, 0.05) is 36.1 Å². The number of anilines is 2. The number of alkyl halides is 6. The molecule has 0 bridgehead atoms. The van der Waals surface area contributed by atoms with Gasteiger partial charge in [-0.1, -0.05) is 13.0 Å². The van der Waals surface area contributed by atoms with Crippen LogP contribution in [0.4, 0.5) is 37.7 Å². The van der Waals surface area contributed by atoms with E-state index in [1.54, 1.807) is 12.1 Å². The fourth-order valence-electron chi connectivity index (χ4n) is 5.09. The van der Waals surface area contributed by atoms with Gasteiger partial charge in [0.15, 0.2) is 0 Å². The van der Waals surface area contributed by atoms with Crippen molar-refractivity contribution in [1.29, 1.82) is 0 Å². The minimum Gasteiger partial charge on any atom is -0.360 e. The molecule has 3 aromatic rings. The first-order chi connectivity index (χ1) is 19.3. The van der Waals surface area contributed by atoms with Gasteiger partial charge in [-0.2, -0.15) is 26.3 Å². The standard InChI is InChI=1S/C29H30F6N6/c1-3-13-41(16-18-6-7-18)17-27(2)39-23-14-19(25-22(28(30,31)32)5-4-12-36-25)8-10-21(23)26(40-27)38-20-9-11-24(37-15-20)29(33,34)35/h4-5,8-12,14-15,18,39H,3,6-7,13,16-17H2,1-2H3,(H,38,40). The molecule has 2 N–H and O–H groups in total. The number of nitrogens with one attached hydrogen (secondary N) is 2. The summed E-state index contributed by atoms with van der Waals surface area (Å²) in [7, 11) is 0. The molecule has 5 rings (SSSR count). The van der Waals surface area contributed by atoms with E-state index in [4.69, 9.17) is 4.99 Å². The third-order valence-corrected chi connectivity index (χ3v) is 7.03. The van der Waals surface area contributed by atoms with E-state index in [-0.39, 0.29) is 11.3 Å². The molecule has 218 valence electrons. The maximum atomic E-state index is 13.8. The highest BCUT2D eigenvalue weighted by atomic mass is 19.4. The predicted molar refractivity (Wildman–Crippen MR) is 146 cm³/mol. The molecule has 6 nitrogen and oxygen atoms in total. The molecule has 1 fully saturated rings. The average Bonchev–Trinajstić information content (AvgIpc) is 3.71. The van der Waals surface area contributed by atoms with Gasteiger partial charge in [-0.25, -0.2) is 9.98 Å². The Morgan fingerprint density at radius 1 is 1.02 bits per heavy atom. The van der Waals surface area contributed by atoms with E-state index in [0.29, 0.717) is 35.2 Å². The zero-order valence-electron chi connectivity index (χ0n) is 22.6. The quantitative estimate of drug-likeness (QED) is 0.276. The molecule has 1 atom stereocenters. The fraction of sp³-hybridized carbons (Fsp3) is 0.414. The molecule has 0 radical (unpaired) electrons. The van der Waals surface area contributed by atoms with Crippen LogP contribution >= 0.6 is 0 Å². The zero-order valence-corrected chi connectivity index (χ0v) is 22.6. The van der Waals surface area contributed by atoms with Crippen molar-refractivity contribution in [2.45, 2.75) is 51.1 Å². The van der Waals surface area contributed by atoms with Crippen molar-refractivity contribution >= 4 is 17.2 Å². The molecule has 1 aliphatic carbocycles. The third kappa shape index (κ3) is 6.80. The molecule has 0 amide bonds. The summed E-state index contributed by atoms with van der Waals surface area (Å²) >= 11 is 0. The highest BCUT2D eigenvalue weighted by Crippen LogP contribution is 2.39. The minimum absolute atomic E-state index is 0.198. The number of aliphatic imine (C=N–C) groups is 1. The van der Waals surface area contributed by atoms with E-state index in [1.807, 2.05) is 6.92 Å². The Bertz CT molecular complexity index is 1410. The van der Waals surface area contributed by atoms with E-state index in [1.165, 1.54) is 37.2 Å². The average molecular weight is 577 g/mol. The molecule has 1 saturated carbocycles. The Hall–Kier alpha value is -3.67. The largest absolute Gasteiger partial charge is 0.433 e. The van der Waals surface area contributed by atoms with Gasteiger partial charge in [0.05, 0.1) is 23.1 Å². The summed E-state index contributed by atoms with van der Waals surface area (Å²) < 4.78 is 80.4. The number of rotatable bonds is 8. The lowest BCUT2D eigenvalue weighted by Gasteiger charge is -2.38. The van der Waals surface area contributed by atoms with Gasteiger partial charge in [-0.15, -0.1) is 0 Å². The van der Waals surface area contributed by atoms with Gasteiger partial charge in [0.2, 0.25) is 0 Å². The van der Waals surface area contributed by atoms with Crippen molar-refractivity contribution in [3.05, 3.63) is 71.7 Å². The highest BCUT2D eigenvalue weighted by molar-refractivity contribution is 6.13. The summed E-state index contributed by atoms with van der Waals surface area (Å²) in [6.07, 6.45) is -3.47. The molecule has 2 aliphatic rings. The lowest BCUT2D eigenvalue weighted by Crippen LogP contribution is -2.49. The van der Waals surface area contributed by atoms with Crippen molar-refractivity contribution in [2.24, 2.45) is 10.9 Å². The summed E-state index contributed by atoms with van der Waals surface area (Å²) in [5, 5.41) is 6.52. The normalized spacial score (nSPS) is 19.0. The Balaban J connectivity index is 1.53. The number of aromatic nitrogens is 2. The second kappa shape index (κ2) is 11.0. The van der Waals surface area contributed by atoms with E-state index in [0.717, 1.165) is 37.8 Å². The number of fused-ring (bicyclic) bond motifs is 1. The first-order valence-electron chi connectivity index (χ1n) is 13.4. The maximum Gasteiger partial charge on any atom is 0.433 e. The van der Waals surface area contributed by atoms with Crippen molar-refractivity contribution in [3.8, 4) is 11.3 Å². The van der Waals surface area contributed by atoms with Gasteiger partial charge in [0.1, 0.15) is 17.2 Å². The summed E-state index contributed by atoms with van der Waals surface area (Å²) in [5.74, 6) is 1.01. The lowest BCUT2D eigenvalue weighted by molar-refractivity contribution is -0.141. The van der Waals surface area contributed by atoms with E-state index < -0.39 is 29.3 Å². The topological polar surface area (TPSA) is 65.4 Å². The number of benzene rings is 1. The first kappa shape index (κ1) is 28.8. The van der Waals surface area contributed by atoms with Crippen LogP contribution in [0.1, 0.15) is 49.9 Å². The Morgan fingerprint density at radius 2 is 1.80 bits per heavy atom. The van der Waals surface area contributed by atoms with E-state index in [9.17, 15) is 26.3 Å². The number of nitrogens with zero attached hydrogens (tertiary/aromatic N) is 4. The second-order valence-electron chi connectivity index (χ2n) is 10.8. The summed E-state index contributed by atoms with van der Waals surface area (Å²) in [6.45, 7) is 6.28. The van der Waals surface area contributed by atoms with Crippen LogP contribution in [0.5, 0.6) is 0 Å². The number of hydrogen-bond acceptors (Lipinski definition) is 6. The van der Waals surface area contributed by atoms with Crippen LogP contribution in [0.25, 0.3) is 11.3 Å². The lowest BCUT2D eigenvalue weighted by atomic mass is 9.98. The molecule has 1 aliphatic heterocycles. The second-order valence-corrected chi connectivity index (χ2v) is 10.8. The molecule has 0 spiro atoms. The number of hydrogen-bond donors (Lipinski definition) is 2. The molecular formula is C29H30F6N6. The molecule has 0 saturated heterocycles. The Labute approximate surface area is 233 Å². The third-order valence-electron chi connectivity index (χ3n) is 7.03. The summed E-state index contributed by atoms with van der Waals surface area (Å²) in [5.41, 5.74) is -1.29. The smallest absolute Gasteiger partial charge is 0.360 e. The van der Waals surface area contributed by atoms with Gasteiger partial charge in [0.25, 0.3) is 0 Å². The van der Waals surface area contributed by atoms with E-state index in [2.05, 4.69) is 32.4 Å². The van der Waals surface area contributed by atoms with Gasteiger partial charge in [-0.3, -0.25) is 9.88 Å². The van der Waals surface area contributed by atoms with Crippen molar-refractivity contribution < 1.29 is 26.3 Å². The zero-order chi connectivity index (χ0) is 29.4. The number of halogens is 6. The molecule has 12 heteroatoms. The predicted octanol–water partition coefficient (Wildman–Crippen LogP) is 7.30. The number of amidine groups is 1. The minimum atomic E-state index is -4.59. The first-order valence-corrected chi connectivity index (χ1v) is 13.4. The van der Waals surface area contributed by atoms with Crippen molar-refractivity contribution in [2.75, 3.05) is 30.3 Å². The van der Waals surface area contributed by atoms with Crippen LogP contribution in [0.15, 0.2) is 59.9 Å². The monoisotopic (exact) mass is 576 g/mol. The van der Waals surface area contributed by atoms with Crippen LogP contribution in [-0.4, -0.2) is 46.0 Å². The van der Waals surface area contributed by atoms with Crippen LogP contribution in [-0.2, 0) is 12.4 Å². The molecule has 1 unspecified atom stereocenters. The Morgan fingerprint density at radius 3 is 2.44 bits per heavy atom. The van der Waals surface area contributed by atoms with Gasteiger partial charge in [-0.05, 0) is 75.0 Å². The van der Waals surface area contributed by atoms with Crippen LogP contribution in [0.3, 0.4) is 0 Å². The molecular weight excluding hydrogens is 546 g/mol. The van der Waals surface area contributed by atoms with Crippen LogP contribution in [0, 0.1) is 5.92 Å². The molecule has 1 aromatic carbocycles. The van der Waals surface area contributed by atoms with E-state index >= 15 is 0 Å². The Kier molecular flexibility index (Phi) is 7.71. The molecule has 3 heterocycles. The van der Waals surface area contributed by atoms with Crippen molar-refractivity contribution in [1.82, 2.24) is 14.9 Å².